The molecule has 0 saturated heterocycles. The Hall–Kier alpha value is -10.7. The van der Waals surface area contributed by atoms with Crippen LogP contribution in [0.3, 0.4) is 0 Å². The van der Waals surface area contributed by atoms with Crippen LogP contribution in [0.2, 0.25) is 0 Å². The van der Waals surface area contributed by atoms with Crippen LogP contribution in [-0.2, 0) is 40.6 Å². The summed E-state index contributed by atoms with van der Waals surface area (Å²) in [5, 5.41) is 41.5. The summed E-state index contributed by atoms with van der Waals surface area (Å²) in [6.45, 7) is 17.4. The fourth-order valence-corrected chi connectivity index (χ4v) is 15.5. The number of aliphatic hydroxyl groups excluding tert-OH is 2. The Morgan fingerprint density at radius 3 is 1.36 bits per heavy atom. The van der Waals surface area contributed by atoms with E-state index in [-0.39, 0.29) is 49.7 Å². The lowest BCUT2D eigenvalue weighted by Crippen LogP contribution is -2.28. The zero-order valence-electron chi connectivity index (χ0n) is 51.8. The number of carbonyl (C=O) groups excluding carboxylic acids is 2. The number of anilines is 5. The molecule has 2 aromatic carbocycles. The van der Waals surface area contributed by atoms with Gasteiger partial charge in [0.15, 0.2) is 17.6 Å². The number of carboxylic acid groups (broad SMARTS) is 2. The standard InChI is InChI=1S/C27H24N8O5S2.C13H14N6O.C13H12N2O3S2.C10H11NO2S2/c1-29-18(25(36)37)9-17-10-19-20(41-17)11-21(42-19)35(2)7-8-39-27(38)30-12-15-3-5-16(6-4-15)13-40-24-22-23(32-14-31-22)33-26(28)34-24;14-5-8-1-3-9(4-2-8)6-20-12-10-11(17-7-16-10)18-13(15)19-12;1-14-9(13(17)18)5-8-6-10-11(19-8)7-12(20-10)15(2)3-4-16;1-11(2-3-12)10-5-9-8(15-10)4-7(6-13)14-9/h3-6,9-11,14H,7-8,12-13H2,2H3,(H,30,38)(H,36,37)(H3,28,31,32,33,34);1-4,7H,5-6,14H2,(H3,15,16,17,18,19);5-7,16H,3-4H2,2H3,(H,17,18);4-6,12H,2-3H2,1H3/b18-9-;;9-5-;. The molecule has 12 aromatic rings. The SMILES string of the molecule is CN(CCO)c1cc2sc(C=O)cc2s1.NCc1ccc(COc2nc(N)nc3nc[nH]c23)cc1.[C-]#[N+]/C(=C\c1cc2sc(N(C)CCO)cc2s1)C(=O)O.[C-]#[N+]/C(=C\c1cc2sc(N(C)CCOC(=O)NCc3ccc(COc4nc(N)nc5nc[nH]c45)cc3)cc2s1)C(=O)O. The van der Waals surface area contributed by atoms with Crippen LogP contribution < -0.4 is 46.7 Å². The Kier molecular flexibility index (Phi) is 24.5. The van der Waals surface area contributed by atoms with Gasteiger partial charge in [0.25, 0.3) is 11.4 Å². The van der Waals surface area contributed by atoms with Gasteiger partial charge in [-0.05, 0) is 70.8 Å². The first-order valence-electron chi connectivity index (χ1n) is 28.8. The average molecular weight is 1420 g/mol. The number of hydrogen-bond acceptors (Lipinski definition) is 27. The van der Waals surface area contributed by atoms with Gasteiger partial charge in [0.1, 0.15) is 30.9 Å². The van der Waals surface area contributed by atoms with Crippen molar-refractivity contribution in [3.05, 3.63) is 169 Å². The number of hydrogen-bond donors (Lipinski definition) is 10. The number of carboxylic acids is 2. The van der Waals surface area contributed by atoms with E-state index < -0.39 is 18.0 Å². The highest BCUT2D eigenvalue weighted by molar-refractivity contribution is 7.31. The van der Waals surface area contributed by atoms with E-state index in [0.717, 1.165) is 81.5 Å². The largest absolute Gasteiger partial charge is 0.486 e. The van der Waals surface area contributed by atoms with Gasteiger partial charge in [-0.2, -0.15) is 19.9 Å². The molecule has 0 spiro atoms. The lowest BCUT2D eigenvalue weighted by atomic mass is 10.1. The number of ether oxygens (including phenoxy) is 3. The van der Waals surface area contributed by atoms with E-state index in [9.17, 15) is 19.2 Å². The molecule has 34 heteroatoms. The van der Waals surface area contributed by atoms with Crippen molar-refractivity contribution in [1.29, 1.82) is 0 Å². The highest BCUT2D eigenvalue weighted by atomic mass is 32.1. The van der Waals surface area contributed by atoms with Crippen LogP contribution in [0.1, 0.15) is 41.7 Å². The summed E-state index contributed by atoms with van der Waals surface area (Å²) in [5.74, 6) is -1.51. The summed E-state index contributed by atoms with van der Waals surface area (Å²) in [6, 6.07) is 27.2. The molecule has 28 nitrogen and oxygen atoms in total. The van der Waals surface area contributed by atoms with Crippen LogP contribution in [0.4, 0.5) is 31.7 Å². The molecule has 0 bridgehead atoms. The van der Waals surface area contributed by atoms with Crippen molar-refractivity contribution in [3.63, 3.8) is 0 Å². The third-order valence-corrected chi connectivity index (χ3v) is 20.7. The zero-order valence-corrected chi connectivity index (χ0v) is 56.7. The van der Waals surface area contributed by atoms with Gasteiger partial charge in [0.05, 0.1) is 65.4 Å². The molecule has 0 fully saturated rings. The minimum absolute atomic E-state index is 0.0796. The fraction of sp³-hybridized carbons (Fsp3) is 0.206. The maximum Gasteiger partial charge on any atom is 0.407 e. The number of likely N-dealkylation sites (N-methyl/N-ethyl adjacent to an activating group) is 3. The molecule has 500 valence electrons. The number of fused-ring (bicyclic) bond motifs is 5. The molecular weight excluding hydrogens is 1360 g/mol. The number of aromatic nitrogens is 8. The second kappa shape index (κ2) is 33.6. The number of carbonyl (C=O) groups is 4. The summed E-state index contributed by atoms with van der Waals surface area (Å²) < 4.78 is 23.2. The van der Waals surface area contributed by atoms with E-state index in [1.54, 1.807) is 34.0 Å². The molecule has 0 saturated carbocycles. The highest BCUT2D eigenvalue weighted by Crippen LogP contribution is 2.40. The number of nitrogens with zero attached hydrogens (tertiary/aromatic N) is 11. The number of thiophene rings is 6. The van der Waals surface area contributed by atoms with Gasteiger partial charge in [-0.3, -0.25) is 14.4 Å². The van der Waals surface area contributed by atoms with Gasteiger partial charge in [0.2, 0.25) is 23.7 Å². The van der Waals surface area contributed by atoms with Gasteiger partial charge in [-0.15, -0.1) is 68.0 Å². The Balaban J connectivity index is 0.000000167. The first-order valence-corrected chi connectivity index (χ1v) is 33.7. The molecule has 0 aliphatic carbocycles. The summed E-state index contributed by atoms with van der Waals surface area (Å²) in [5.41, 5.74) is 22.3. The maximum absolute atomic E-state index is 12.2. The average Bonchev–Trinajstić information content (AvgIpc) is 1.09. The molecule has 0 unspecified atom stereocenters. The van der Waals surface area contributed by atoms with E-state index in [0.29, 0.717) is 78.3 Å². The number of H-pyrrole nitrogens is 2. The van der Waals surface area contributed by atoms with Crippen LogP contribution in [-0.4, -0.2) is 145 Å². The summed E-state index contributed by atoms with van der Waals surface area (Å²) in [6.07, 6.45) is 6.17. The normalized spacial score (nSPS) is 11.2. The van der Waals surface area contributed by atoms with Crippen LogP contribution in [0, 0.1) is 13.1 Å². The first-order chi connectivity index (χ1) is 46.8. The summed E-state index contributed by atoms with van der Waals surface area (Å²) >= 11 is 9.15. The van der Waals surface area contributed by atoms with Crippen LogP contribution >= 0.6 is 68.0 Å². The molecule has 10 aromatic heterocycles. The Morgan fingerprint density at radius 1 is 0.577 bits per heavy atom. The lowest BCUT2D eigenvalue weighted by molar-refractivity contribution is -0.133. The molecule has 1 amide bonds. The molecule has 0 radical (unpaired) electrons. The van der Waals surface area contributed by atoms with E-state index in [1.165, 1.54) is 58.8 Å². The predicted octanol–water partition coefficient (Wildman–Crippen LogP) is 10.4. The Bertz CT molecular complexity index is 4770. The molecule has 0 atom stereocenters. The van der Waals surface area contributed by atoms with Crippen molar-refractivity contribution in [1.82, 2.24) is 45.2 Å². The lowest BCUT2D eigenvalue weighted by Gasteiger charge is -2.16. The number of benzene rings is 2. The molecule has 12 rings (SSSR count). The van der Waals surface area contributed by atoms with Crippen molar-refractivity contribution >= 4 is 182 Å². The molecule has 13 N–H and O–H groups in total. The number of nitrogen functional groups attached to an aromatic ring is 2. The number of aromatic amines is 2. The van der Waals surface area contributed by atoms with Gasteiger partial charge >= 0.3 is 18.0 Å². The number of aldehydes is 1. The number of amides is 1. The van der Waals surface area contributed by atoms with Crippen molar-refractivity contribution in [2.24, 2.45) is 5.73 Å². The summed E-state index contributed by atoms with van der Waals surface area (Å²) in [4.78, 5) is 89.1. The minimum atomic E-state index is -1.24. The molecule has 97 heavy (non-hydrogen) atoms. The van der Waals surface area contributed by atoms with Crippen molar-refractivity contribution in [2.75, 3.05) is 86.8 Å². The van der Waals surface area contributed by atoms with Crippen LogP contribution in [0.25, 0.3) is 72.4 Å². The number of alkyl carbamates (subject to hydrolysis) is 1. The fourth-order valence-electron chi connectivity index (χ4n) is 8.66. The quantitative estimate of drug-likeness (QED) is 0.0153. The van der Waals surface area contributed by atoms with E-state index in [4.69, 9.17) is 65.0 Å². The molecule has 0 aliphatic heterocycles. The zero-order chi connectivity index (χ0) is 69.1. The smallest absolute Gasteiger partial charge is 0.407 e. The number of aliphatic hydroxyl groups is 2. The molecular formula is C63H61N17O11S6. The van der Waals surface area contributed by atoms with Gasteiger partial charge in [-0.25, -0.2) is 24.5 Å². The topological polar surface area (TPSA) is 394 Å². The first kappa shape index (κ1) is 70.7. The number of rotatable bonds is 24. The third kappa shape index (κ3) is 19.1. The van der Waals surface area contributed by atoms with E-state index in [2.05, 4.69) is 60.9 Å². The second-order valence-corrected chi connectivity index (χ2v) is 27.0. The van der Waals surface area contributed by atoms with Crippen molar-refractivity contribution in [3.8, 4) is 11.8 Å². The van der Waals surface area contributed by atoms with E-state index in [1.807, 2.05) is 115 Å². The number of aliphatic carboxylic acids is 2. The summed E-state index contributed by atoms with van der Waals surface area (Å²) in [7, 11) is 5.77. The van der Waals surface area contributed by atoms with Gasteiger partial charge in [0, 0.05) is 85.3 Å². The Morgan fingerprint density at radius 2 is 0.969 bits per heavy atom. The monoisotopic (exact) mass is 1420 g/mol. The van der Waals surface area contributed by atoms with E-state index >= 15 is 0 Å². The maximum atomic E-state index is 12.2. The highest BCUT2D eigenvalue weighted by Gasteiger charge is 2.17. The predicted molar refractivity (Wildman–Crippen MR) is 383 cm³/mol. The Labute approximate surface area is 576 Å². The van der Waals surface area contributed by atoms with Crippen molar-refractivity contribution < 1.29 is 53.8 Å². The minimum Gasteiger partial charge on any atom is -0.486 e. The van der Waals surface area contributed by atoms with Crippen LogP contribution in [0.15, 0.2) is 109 Å². The van der Waals surface area contributed by atoms with Gasteiger partial charge in [-0.1, -0.05) is 48.5 Å². The molecule has 10 heterocycles. The second-order valence-electron chi connectivity index (χ2n) is 20.5. The van der Waals surface area contributed by atoms with Crippen molar-refractivity contribution in [2.45, 2.75) is 26.3 Å². The number of nitrogens with two attached hydrogens (primary N) is 3. The molecule has 0 aliphatic rings. The third-order valence-electron chi connectivity index (χ3n) is 13.7. The van der Waals surface area contributed by atoms with Crippen LogP contribution in [0.5, 0.6) is 11.8 Å². The number of imidazole rings is 2. The van der Waals surface area contributed by atoms with Gasteiger partial charge < -0.3 is 81.8 Å². The number of nitrogens with one attached hydrogen (secondary N) is 3.